The fraction of sp³-hybridized carbons (Fsp3) is 0.462. The van der Waals surface area contributed by atoms with Gasteiger partial charge in [0.25, 0.3) is 0 Å². The van der Waals surface area contributed by atoms with Gasteiger partial charge in [-0.05, 0) is 29.9 Å². The van der Waals surface area contributed by atoms with Crippen LogP contribution in [-0.2, 0) is 4.79 Å². The minimum Gasteiger partial charge on any atom is -0.352 e. The summed E-state index contributed by atoms with van der Waals surface area (Å²) in [5, 5.41) is 3.04. The molecule has 1 saturated heterocycles. The molecule has 4 heteroatoms. The number of rotatable bonds is 3. The van der Waals surface area contributed by atoms with Crippen LogP contribution in [0.5, 0.6) is 0 Å². The molecule has 0 aliphatic carbocycles. The molecule has 0 radical (unpaired) electrons. The third kappa shape index (κ3) is 3.48. The van der Waals surface area contributed by atoms with E-state index in [0.29, 0.717) is 6.04 Å². The summed E-state index contributed by atoms with van der Waals surface area (Å²) < 4.78 is 0. The first kappa shape index (κ1) is 12.5. The van der Waals surface area contributed by atoms with E-state index in [1.165, 1.54) is 0 Å². The molecule has 1 atom stereocenters. The van der Waals surface area contributed by atoms with Crippen LogP contribution in [0.4, 0.5) is 0 Å². The largest absolute Gasteiger partial charge is 0.352 e. The maximum absolute atomic E-state index is 12.0. The summed E-state index contributed by atoms with van der Waals surface area (Å²) in [4.78, 5) is 12.0. The quantitative estimate of drug-likeness (QED) is 0.858. The van der Waals surface area contributed by atoms with Gasteiger partial charge in [-0.1, -0.05) is 30.3 Å². The molecule has 3 N–H and O–H groups in total. The number of hydrogen-bond donors (Lipinski definition) is 2. The second-order valence-corrected chi connectivity index (χ2v) is 5.51. The number of nitrogens with one attached hydrogen (secondary N) is 1. The Morgan fingerprint density at radius 1 is 1.29 bits per heavy atom. The predicted molar refractivity (Wildman–Crippen MR) is 71.9 cm³/mol. The van der Waals surface area contributed by atoms with Crippen molar-refractivity contribution in [2.75, 3.05) is 11.5 Å². The number of thioether (sulfide) groups is 1. The Labute approximate surface area is 106 Å². The van der Waals surface area contributed by atoms with Crippen molar-refractivity contribution in [3.05, 3.63) is 35.9 Å². The fourth-order valence-corrected chi connectivity index (χ4v) is 3.05. The molecule has 2 rings (SSSR count). The van der Waals surface area contributed by atoms with E-state index in [9.17, 15) is 4.79 Å². The van der Waals surface area contributed by atoms with Crippen molar-refractivity contribution in [1.82, 2.24) is 5.32 Å². The molecule has 1 aromatic carbocycles. The van der Waals surface area contributed by atoms with Gasteiger partial charge in [0, 0.05) is 6.04 Å². The summed E-state index contributed by atoms with van der Waals surface area (Å²) >= 11 is 1.95. The van der Waals surface area contributed by atoms with Crippen LogP contribution in [-0.4, -0.2) is 23.5 Å². The van der Waals surface area contributed by atoms with Crippen molar-refractivity contribution in [3.63, 3.8) is 0 Å². The van der Waals surface area contributed by atoms with Gasteiger partial charge >= 0.3 is 0 Å². The van der Waals surface area contributed by atoms with E-state index in [4.69, 9.17) is 5.73 Å². The summed E-state index contributed by atoms with van der Waals surface area (Å²) in [7, 11) is 0. The first-order valence-corrected chi connectivity index (χ1v) is 7.11. The molecular formula is C13H18N2OS. The predicted octanol–water partition coefficient (Wildman–Crippen LogP) is 1.70. The topological polar surface area (TPSA) is 55.1 Å². The SMILES string of the molecule is N[C@H](C(=O)NC1CCSCC1)c1ccccc1. The number of amides is 1. The Hall–Kier alpha value is -1.00. The Morgan fingerprint density at radius 2 is 1.94 bits per heavy atom. The first-order valence-electron chi connectivity index (χ1n) is 5.96. The molecule has 3 nitrogen and oxygen atoms in total. The lowest BCUT2D eigenvalue weighted by Gasteiger charge is -2.24. The maximum Gasteiger partial charge on any atom is 0.241 e. The van der Waals surface area contributed by atoms with Crippen molar-refractivity contribution in [1.29, 1.82) is 0 Å². The molecule has 1 aliphatic heterocycles. The van der Waals surface area contributed by atoms with Crippen LogP contribution in [0.2, 0.25) is 0 Å². The van der Waals surface area contributed by atoms with Gasteiger partial charge in [-0.15, -0.1) is 0 Å². The average Bonchev–Trinajstić information content (AvgIpc) is 2.40. The lowest BCUT2D eigenvalue weighted by atomic mass is 10.1. The summed E-state index contributed by atoms with van der Waals surface area (Å²) in [5.74, 6) is 2.20. The van der Waals surface area contributed by atoms with Gasteiger partial charge < -0.3 is 11.1 Å². The van der Waals surface area contributed by atoms with E-state index in [2.05, 4.69) is 5.32 Å². The van der Waals surface area contributed by atoms with Crippen LogP contribution >= 0.6 is 11.8 Å². The Balaban J connectivity index is 1.91. The van der Waals surface area contributed by atoms with Gasteiger partial charge in [0.05, 0.1) is 0 Å². The van der Waals surface area contributed by atoms with Crippen LogP contribution in [0.3, 0.4) is 0 Å². The van der Waals surface area contributed by atoms with Gasteiger partial charge in [0.15, 0.2) is 0 Å². The van der Waals surface area contributed by atoms with Crippen LogP contribution in [0.25, 0.3) is 0 Å². The molecule has 92 valence electrons. The Kier molecular flexibility index (Phi) is 4.45. The van der Waals surface area contributed by atoms with E-state index < -0.39 is 6.04 Å². The second kappa shape index (κ2) is 6.07. The zero-order valence-corrected chi connectivity index (χ0v) is 10.6. The van der Waals surface area contributed by atoms with Crippen LogP contribution < -0.4 is 11.1 Å². The molecule has 0 bridgehead atoms. The van der Waals surface area contributed by atoms with Crippen molar-refractivity contribution in [2.45, 2.75) is 24.9 Å². The normalized spacial score (nSPS) is 18.6. The van der Waals surface area contributed by atoms with Crippen molar-refractivity contribution >= 4 is 17.7 Å². The number of carbonyl (C=O) groups excluding carboxylic acids is 1. The number of carbonyl (C=O) groups is 1. The summed E-state index contributed by atoms with van der Waals surface area (Å²) in [6, 6.07) is 9.26. The van der Waals surface area contributed by atoms with Gasteiger partial charge in [-0.25, -0.2) is 0 Å². The average molecular weight is 250 g/mol. The number of nitrogens with two attached hydrogens (primary N) is 1. The highest BCUT2D eigenvalue weighted by atomic mass is 32.2. The Bertz CT molecular complexity index is 363. The molecule has 1 heterocycles. The molecule has 1 fully saturated rings. The number of hydrogen-bond acceptors (Lipinski definition) is 3. The minimum absolute atomic E-state index is 0.0619. The highest BCUT2D eigenvalue weighted by Gasteiger charge is 2.20. The highest BCUT2D eigenvalue weighted by Crippen LogP contribution is 2.18. The van der Waals surface area contributed by atoms with Crippen LogP contribution in [0, 0.1) is 0 Å². The molecule has 0 aromatic heterocycles. The molecule has 0 saturated carbocycles. The first-order chi connectivity index (χ1) is 8.27. The zero-order valence-electron chi connectivity index (χ0n) is 9.76. The third-order valence-corrected chi connectivity index (χ3v) is 4.06. The van der Waals surface area contributed by atoms with Gasteiger partial charge in [-0.2, -0.15) is 11.8 Å². The molecule has 17 heavy (non-hydrogen) atoms. The maximum atomic E-state index is 12.0. The second-order valence-electron chi connectivity index (χ2n) is 4.28. The van der Waals surface area contributed by atoms with E-state index in [1.807, 2.05) is 42.1 Å². The summed E-state index contributed by atoms with van der Waals surface area (Å²) in [5.41, 5.74) is 6.81. The van der Waals surface area contributed by atoms with E-state index in [0.717, 1.165) is 29.9 Å². The molecular weight excluding hydrogens is 232 g/mol. The van der Waals surface area contributed by atoms with Crippen molar-refractivity contribution < 1.29 is 4.79 Å². The summed E-state index contributed by atoms with van der Waals surface area (Å²) in [6.07, 6.45) is 2.11. The Morgan fingerprint density at radius 3 is 2.59 bits per heavy atom. The smallest absolute Gasteiger partial charge is 0.241 e. The molecule has 0 spiro atoms. The fourth-order valence-electron chi connectivity index (χ4n) is 1.94. The summed E-state index contributed by atoms with van der Waals surface area (Å²) in [6.45, 7) is 0. The highest BCUT2D eigenvalue weighted by molar-refractivity contribution is 7.99. The minimum atomic E-state index is -0.550. The molecule has 1 amide bonds. The van der Waals surface area contributed by atoms with E-state index in [1.54, 1.807) is 0 Å². The van der Waals surface area contributed by atoms with E-state index >= 15 is 0 Å². The number of benzene rings is 1. The third-order valence-electron chi connectivity index (χ3n) is 3.01. The molecule has 0 unspecified atom stereocenters. The van der Waals surface area contributed by atoms with Crippen LogP contribution in [0.15, 0.2) is 30.3 Å². The lowest BCUT2D eigenvalue weighted by molar-refractivity contribution is -0.123. The molecule has 1 aromatic rings. The van der Waals surface area contributed by atoms with Gasteiger partial charge in [0.2, 0.25) is 5.91 Å². The van der Waals surface area contributed by atoms with Gasteiger partial charge in [0.1, 0.15) is 6.04 Å². The van der Waals surface area contributed by atoms with Crippen molar-refractivity contribution in [2.24, 2.45) is 5.73 Å². The lowest BCUT2D eigenvalue weighted by Crippen LogP contribution is -2.42. The van der Waals surface area contributed by atoms with Crippen LogP contribution in [0.1, 0.15) is 24.4 Å². The monoisotopic (exact) mass is 250 g/mol. The van der Waals surface area contributed by atoms with Crippen molar-refractivity contribution in [3.8, 4) is 0 Å². The van der Waals surface area contributed by atoms with Gasteiger partial charge in [-0.3, -0.25) is 4.79 Å². The molecule has 1 aliphatic rings. The zero-order chi connectivity index (χ0) is 12.1. The van der Waals surface area contributed by atoms with E-state index in [-0.39, 0.29) is 5.91 Å². The standard InChI is InChI=1S/C13H18N2OS/c14-12(10-4-2-1-3-5-10)13(16)15-11-6-8-17-9-7-11/h1-5,11-12H,6-9,14H2,(H,15,16)/t12-/m0/s1.